The number of nitrogens with zero attached hydrogens (tertiary/aromatic N) is 1. The molecule has 3 rings (SSSR count). The Balaban J connectivity index is 1.44. The maximum atomic E-state index is 12.2. The summed E-state index contributed by atoms with van der Waals surface area (Å²) < 4.78 is 0. The van der Waals surface area contributed by atoms with Crippen molar-refractivity contribution in [3.05, 3.63) is 35.9 Å². The number of benzene rings is 1. The third kappa shape index (κ3) is 4.55. The van der Waals surface area contributed by atoms with Crippen molar-refractivity contribution in [2.75, 3.05) is 19.6 Å². The molecule has 1 aromatic carbocycles. The highest BCUT2D eigenvalue weighted by Crippen LogP contribution is 2.14. The Labute approximate surface area is 133 Å². The van der Waals surface area contributed by atoms with Crippen molar-refractivity contribution >= 4 is 5.91 Å². The predicted octanol–water partition coefficient (Wildman–Crippen LogP) is 1.91. The van der Waals surface area contributed by atoms with Crippen molar-refractivity contribution in [3.63, 3.8) is 0 Å². The summed E-state index contributed by atoms with van der Waals surface area (Å²) in [7, 11) is 0. The van der Waals surface area contributed by atoms with Crippen LogP contribution >= 0.6 is 0 Å². The maximum Gasteiger partial charge on any atom is 0.221 e. The fraction of sp³-hybridized carbons (Fsp3) is 0.611. The zero-order valence-electron chi connectivity index (χ0n) is 13.3. The largest absolute Gasteiger partial charge is 0.352 e. The first-order chi connectivity index (χ1) is 10.8. The van der Waals surface area contributed by atoms with Crippen LogP contribution in [0.2, 0.25) is 0 Å². The molecule has 2 heterocycles. The summed E-state index contributed by atoms with van der Waals surface area (Å²) in [6.07, 6.45) is 5.24. The molecular formula is C18H27N3O. The number of nitrogens with one attached hydrogen (secondary N) is 2. The fourth-order valence-corrected chi connectivity index (χ4v) is 3.60. The molecule has 2 aliphatic heterocycles. The zero-order valence-corrected chi connectivity index (χ0v) is 13.3. The smallest absolute Gasteiger partial charge is 0.221 e. The second-order valence-corrected chi connectivity index (χ2v) is 6.62. The van der Waals surface area contributed by atoms with Crippen molar-refractivity contribution < 1.29 is 4.79 Å². The van der Waals surface area contributed by atoms with Crippen LogP contribution in [0.25, 0.3) is 0 Å². The molecule has 1 aromatic rings. The van der Waals surface area contributed by atoms with Gasteiger partial charge in [-0.3, -0.25) is 9.69 Å². The number of amides is 1. The van der Waals surface area contributed by atoms with E-state index in [-0.39, 0.29) is 5.91 Å². The molecule has 0 radical (unpaired) electrons. The first kappa shape index (κ1) is 15.5. The minimum absolute atomic E-state index is 0.214. The minimum atomic E-state index is 0.214. The Morgan fingerprint density at radius 3 is 2.86 bits per heavy atom. The molecule has 0 aromatic heterocycles. The number of piperidine rings is 1. The molecule has 2 unspecified atom stereocenters. The molecule has 2 N–H and O–H groups in total. The molecule has 4 heteroatoms. The summed E-state index contributed by atoms with van der Waals surface area (Å²) in [6.45, 7) is 4.15. The van der Waals surface area contributed by atoms with Gasteiger partial charge in [0.2, 0.25) is 5.91 Å². The minimum Gasteiger partial charge on any atom is -0.352 e. The van der Waals surface area contributed by atoms with E-state index in [0.717, 1.165) is 39.0 Å². The van der Waals surface area contributed by atoms with E-state index in [0.29, 0.717) is 18.5 Å². The average Bonchev–Trinajstić information content (AvgIpc) is 3.01. The summed E-state index contributed by atoms with van der Waals surface area (Å²) in [5.41, 5.74) is 1.35. The molecule has 2 atom stereocenters. The molecule has 4 nitrogen and oxygen atoms in total. The number of carbonyl (C=O) groups is 1. The summed E-state index contributed by atoms with van der Waals surface area (Å²) in [5.74, 6) is 0.214. The summed E-state index contributed by atoms with van der Waals surface area (Å²) >= 11 is 0. The van der Waals surface area contributed by atoms with Gasteiger partial charge in [-0.2, -0.15) is 0 Å². The van der Waals surface area contributed by atoms with Gasteiger partial charge in [0.1, 0.15) is 0 Å². The van der Waals surface area contributed by atoms with Crippen LogP contribution in [0, 0.1) is 0 Å². The lowest BCUT2D eigenvalue weighted by molar-refractivity contribution is -0.122. The fourth-order valence-electron chi connectivity index (χ4n) is 3.60. The van der Waals surface area contributed by atoms with Gasteiger partial charge in [-0.25, -0.2) is 0 Å². The van der Waals surface area contributed by atoms with Crippen molar-refractivity contribution in [1.82, 2.24) is 15.5 Å². The lowest BCUT2D eigenvalue weighted by Gasteiger charge is -2.33. The van der Waals surface area contributed by atoms with E-state index in [1.807, 2.05) is 0 Å². The molecule has 2 saturated heterocycles. The van der Waals surface area contributed by atoms with Gasteiger partial charge < -0.3 is 10.6 Å². The molecule has 0 saturated carbocycles. The molecule has 1 amide bonds. The third-order valence-electron chi connectivity index (χ3n) is 4.71. The topological polar surface area (TPSA) is 44.4 Å². The van der Waals surface area contributed by atoms with Gasteiger partial charge in [-0.05, 0) is 44.3 Å². The van der Waals surface area contributed by atoms with Crippen molar-refractivity contribution in [2.24, 2.45) is 0 Å². The Kier molecular flexibility index (Phi) is 5.46. The van der Waals surface area contributed by atoms with Gasteiger partial charge in [0, 0.05) is 31.6 Å². The molecule has 120 valence electrons. The summed E-state index contributed by atoms with van der Waals surface area (Å²) in [6, 6.07) is 11.3. The summed E-state index contributed by atoms with van der Waals surface area (Å²) in [5, 5.41) is 6.64. The van der Waals surface area contributed by atoms with Gasteiger partial charge in [0.15, 0.2) is 0 Å². The van der Waals surface area contributed by atoms with Gasteiger partial charge in [0.25, 0.3) is 0 Å². The third-order valence-corrected chi connectivity index (χ3v) is 4.71. The van der Waals surface area contributed by atoms with Gasteiger partial charge in [-0.15, -0.1) is 0 Å². The first-order valence-electron chi connectivity index (χ1n) is 8.58. The molecule has 2 aliphatic rings. The molecule has 22 heavy (non-hydrogen) atoms. The number of hydrogen-bond donors (Lipinski definition) is 2. The Morgan fingerprint density at radius 1 is 1.23 bits per heavy atom. The summed E-state index contributed by atoms with van der Waals surface area (Å²) in [4.78, 5) is 14.6. The molecule has 2 fully saturated rings. The van der Waals surface area contributed by atoms with E-state index in [1.54, 1.807) is 0 Å². The predicted molar refractivity (Wildman–Crippen MR) is 88.5 cm³/mol. The van der Waals surface area contributed by atoms with Crippen LogP contribution in [-0.4, -0.2) is 42.5 Å². The maximum absolute atomic E-state index is 12.2. The molecule has 0 bridgehead atoms. The molecule has 0 aliphatic carbocycles. The Hall–Kier alpha value is -1.39. The average molecular weight is 301 g/mol. The van der Waals surface area contributed by atoms with Gasteiger partial charge >= 0.3 is 0 Å². The highest BCUT2D eigenvalue weighted by molar-refractivity contribution is 5.77. The Morgan fingerprint density at radius 2 is 2.09 bits per heavy atom. The monoisotopic (exact) mass is 301 g/mol. The quantitative estimate of drug-likeness (QED) is 0.873. The lowest BCUT2D eigenvalue weighted by atomic mass is 10.0. The van der Waals surface area contributed by atoms with E-state index >= 15 is 0 Å². The van der Waals surface area contributed by atoms with Crippen LogP contribution in [0.4, 0.5) is 0 Å². The van der Waals surface area contributed by atoms with Crippen LogP contribution in [0.15, 0.2) is 30.3 Å². The first-order valence-corrected chi connectivity index (χ1v) is 8.58. The van der Waals surface area contributed by atoms with E-state index in [4.69, 9.17) is 0 Å². The van der Waals surface area contributed by atoms with Crippen LogP contribution in [0.1, 0.15) is 37.7 Å². The normalized spacial score (nSPS) is 26.0. The van der Waals surface area contributed by atoms with E-state index in [9.17, 15) is 4.79 Å². The second kappa shape index (κ2) is 7.75. The molecule has 0 spiro atoms. The Bertz CT molecular complexity index is 470. The number of carbonyl (C=O) groups excluding carboxylic acids is 1. The standard InChI is InChI=1S/C18H27N3O/c22-18(12-16-8-4-10-19-16)20-17-9-5-11-21(14-17)13-15-6-2-1-3-7-15/h1-3,6-7,16-17,19H,4-5,8-14H2,(H,20,22). The van der Waals surface area contributed by atoms with E-state index < -0.39 is 0 Å². The lowest BCUT2D eigenvalue weighted by Crippen LogP contribution is -2.48. The SMILES string of the molecule is O=C(CC1CCCN1)NC1CCCN(Cc2ccccc2)C1. The van der Waals surface area contributed by atoms with Crippen LogP contribution in [-0.2, 0) is 11.3 Å². The highest BCUT2D eigenvalue weighted by Gasteiger charge is 2.23. The van der Waals surface area contributed by atoms with Gasteiger partial charge in [-0.1, -0.05) is 30.3 Å². The number of rotatable bonds is 5. The van der Waals surface area contributed by atoms with Crippen molar-refractivity contribution in [2.45, 2.75) is 50.7 Å². The highest BCUT2D eigenvalue weighted by atomic mass is 16.1. The molecular weight excluding hydrogens is 274 g/mol. The second-order valence-electron chi connectivity index (χ2n) is 6.62. The number of hydrogen-bond acceptors (Lipinski definition) is 3. The van der Waals surface area contributed by atoms with Crippen molar-refractivity contribution in [3.8, 4) is 0 Å². The zero-order chi connectivity index (χ0) is 15.2. The van der Waals surface area contributed by atoms with E-state index in [2.05, 4.69) is 45.9 Å². The van der Waals surface area contributed by atoms with Crippen molar-refractivity contribution in [1.29, 1.82) is 0 Å². The van der Waals surface area contributed by atoms with Crippen LogP contribution in [0.5, 0.6) is 0 Å². The van der Waals surface area contributed by atoms with Gasteiger partial charge in [0.05, 0.1) is 0 Å². The van der Waals surface area contributed by atoms with E-state index in [1.165, 1.54) is 18.4 Å². The van der Waals surface area contributed by atoms with Crippen LogP contribution in [0.3, 0.4) is 0 Å². The number of likely N-dealkylation sites (tertiary alicyclic amines) is 1. The van der Waals surface area contributed by atoms with Crippen LogP contribution < -0.4 is 10.6 Å².